The van der Waals surface area contributed by atoms with Gasteiger partial charge in [-0.3, -0.25) is 9.79 Å². The fourth-order valence-corrected chi connectivity index (χ4v) is 0.271. The highest BCUT2D eigenvalue weighted by molar-refractivity contribution is 6.68. The summed E-state index contributed by atoms with van der Waals surface area (Å²) in [5.41, 5.74) is 0.212. The monoisotopic (exact) mass is 143 g/mol. The molecule has 0 fully saturated rings. The maximum absolute atomic E-state index is 10.2. The molecule has 0 aromatic heterocycles. The standard InChI is InChI=1S/C6H6ClNO/c1-5(6(7)9)3-4-8-2/h3-4H,1-2H2/b4-3-. The molecule has 0 saturated heterocycles. The van der Waals surface area contributed by atoms with Crippen LogP contribution in [0.15, 0.2) is 29.4 Å². The highest BCUT2D eigenvalue weighted by atomic mass is 35.5. The van der Waals surface area contributed by atoms with Crippen LogP contribution in [0.3, 0.4) is 0 Å². The van der Waals surface area contributed by atoms with Gasteiger partial charge in [0.25, 0.3) is 5.24 Å². The van der Waals surface area contributed by atoms with Crippen molar-refractivity contribution >= 4 is 23.6 Å². The van der Waals surface area contributed by atoms with Crippen LogP contribution in [0.25, 0.3) is 0 Å². The second-order valence-electron chi connectivity index (χ2n) is 1.30. The van der Waals surface area contributed by atoms with Crippen LogP contribution < -0.4 is 0 Å². The Hall–Kier alpha value is -0.890. The van der Waals surface area contributed by atoms with Gasteiger partial charge in [-0.1, -0.05) is 6.58 Å². The van der Waals surface area contributed by atoms with Crippen molar-refractivity contribution < 1.29 is 4.79 Å². The molecule has 0 unspecified atom stereocenters. The van der Waals surface area contributed by atoms with E-state index in [0.29, 0.717) is 0 Å². The second kappa shape index (κ2) is 4.04. The number of carbonyl (C=O) groups excluding carboxylic acids is 1. The van der Waals surface area contributed by atoms with Gasteiger partial charge in [-0.25, -0.2) is 0 Å². The first kappa shape index (κ1) is 8.11. The summed E-state index contributed by atoms with van der Waals surface area (Å²) in [6.45, 7) is 6.50. The maximum Gasteiger partial charge on any atom is 0.251 e. The van der Waals surface area contributed by atoms with Crippen LogP contribution in [-0.2, 0) is 4.79 Å². The third-order valence-electron chi connectivity index (χ3n) is 0.634. The van der Waals surface area contributed by atoms with E-state index in [1.165, 1.54) is 12.3 Å². The largest absolute Gasteiger partial charge is 0.276 e. The maximum atomic E-state index is 10.2. The molecule has 0 aliphatic heterocycles. The Balaban J connectivity index is 3.92. The van der Waals surface area contributed by atoms with Gasteiger partial charge in [0.1, 0.15) is 0 Å². The molecule has 48 valence electrons. The molecule has 0 amide bonds. The summed E-state index contributed by atoms with van der Waals surface area (Å²) < 4.78 is 0. The van der Waals surface area contributed by atoms with Crippen LogP contribution in [0.4, 0.5) is 0 Å². The van der Waals surface area contributed by atoms with E-state index in [2.05, 4.69) is 18.3 Å². The summed E-state index contributed by atoms with van der Waals surface area (Å²) in [5.74, 6) is 0. The molecular formula is C6H6ClNO. The third-order valence-corrected chi connectivity index (χ3v) is 0.876. The van der Waals surface area contributed by atoms with E-state index in [-0.39, 0.29) is 5.57 Å². The Bertz CT molecular complexity index is 172. The van der Waals surface area contributed by atoms with Gasteiger partial charge in [-0.15, -0.1) is 0 Å². The first-order valence-electron chi connectivity index (χ1n) is 2.19. The van der Waals surface area contributed by atoms with Gasteiger partial charge in [-0.05, 0) is 24.4 Å². The lowest BCUT2D eigenvalue weighted by atomic mass is 10.3. The van der Waals surface area contributed by atoms with Crippen molar-refractivity contribution in [2.75, 3.05) is 0 Å². The summed E-state index contributed by atoms with van der Waals surface area (Å²) in [6, 6.07) is 0. The van der Waals surface area contributed by atoms with E-state index in [4.69, 9.17) is 11.6 Å². The van der Waals surface area contributed by atoms with E-state index in [1.54, 1.807) is 0 Å². The Morgan fingerprint density at radius 3 is 2.56 bits per heavy atom. The average molecular weight is 144 g/mol. The molecule has 0 N–H and O–H groups in total. The summed E-state index contributed by atoms with van der Waals surface area (Å²) in [7, 11) is 0. The summed E-state index contributed by atoms with van der Waals surface area (Å²) in [6.07, 6.45) is 2.74. The second-order valence-corrected chi connectivity index (χ2v) is 1.64. The lowest BCUT2D eigenvalue weighted by Gasteiger charge is -1.83. The van der Waals surface area contributed by atoms with E-state index < -0.39 is 5.24 Å². The minimum absolute atomic E-state index is 0.212. The number of carbonyl (C=O) groups is 1. The number of hydrogen-bond acceptors (Lipinski definition) is 2. The zero-order chi connectivity index (χ0) is 7.28. The highest BCUT2D eigenvalue weighted by Gasteiger charge is 1.94. The summed E-state index contributed by atoms with van der Waals surface area (Å²) >= 11 is 5.01. The Kier molecular flexibility index (Phi) is 3.64. The molecule has 0 spiro atoms. The average Bonchev–Trinajstić information content (AvgIpc) is 1.82. The molecule has 0 aromatic rings. The van der Waals surface area contributed by atoms with Crippen molar-refractivity contribution in [3.05, 3.63) is 24.4 Å². The fourth-order valence-electron chi connectivity index (χ4n) is 0.208. The van der Waals surface area contributed by atoms with Crippen molar-refractivity contribution in [2.24, 2.45) is 4.99 Å². The van der Waals surface area contributed by atoms with Gasteiger partial charge >= 0.3 is 0 Å². The molecule has 0 bridgehead atoms. The van der Waals surface area contributed by atoms with E-state index >= 15 is 0 Å². The predicted octanol–water partition coefficient (Wildman–Crippen LogP) is 1.52. The van der Waals surface area contributed by atoms with Crippen molar-refractivity contribution in [3.63, 3.8) is 0 Å². The number of nitrogens with zero attached hydrogens (tertiary/aromatic N) is 1. The molecule has 0 saturated carbocycles. The smallest absolute Gasteiger partial charge is 0.251 e. The molecule has 0 atom stereocenters. The van der Waals surface area contributed by atoms with Crippen molar-refractivity contribution in [1.29, 1.82) is 0 Å². The van der Waals surface area contributed by atoms with Crippen LogP contribution in [0.1, 0.15) is 0 Å². The zero-order valence-electron chi connectivity index (χ0n) is 4.80. The molecule has 0 radical (unpaired) electrons. The molecule has 0 rings (SSSR count). The molecule has 3 heteroatoms. The van der Waals surface area contributed by atoms with Crippen LogP contribution in [0, 0.1) is 0 Å². The van der Waals surface area contributed by atoms with Crippen LogP contribution in [0.2, 0.25) is 0 Å². The van der Waals surface area contributed by atoms with Gasteiger partial charge in [0.15, 0.2) is 0 Å². The molecule has 2 nitrogen and oxygen atoms in total. The summed E-state index contributed by atoms with van der Waals surface area (Å²) in [5, 5.41) is -0.574. The van der Waals surface area contributed by atoms with Gasteiger partial charge in [0.2, 0.25) is 0 Å². The van der Waals surface area contributed by atoms with Gasteiger partial charge in [0, 0.05) is 11.8 Å². The topological polar surface area (TPSA) is 29.4 Å². The lowest BCUT2D eigenvalue weighted by Crippen LogP contribution is -1.84. The van der Waals surface area contributed by atoms with Crippen LogP contribution in [-0.4, -0.2) is 12.0 Å². The first-order valence-corrected chi connectivity index (χ1v) is 2.57. The van der Waals surface area contributed by atoms with Gasteiger partial charge in [0.05, 0.1) is 0 Å². The van der Waals surface area contributed by atoms with E-state index in [9.17, 15) is 4.79 Å². The lowest BCUT2D eigenvalue weighted by molar-refractivity contribution is -0.108. The molecular weight excluding hydrogens is 138 g/mol. The Morgan fingerprint density at radius 1 is 1.67 bits per heavy atom. The first-order chi connectivity index (χ1) is 4.18. The molecule has 9 heavy (non-hydrogen) atoms. The van der Waals surface area contributed by atoms with E-state index in [1.807, 2.05) is 0 Å². The molecule has 0 heterocycles. The van der Waals surface area contributed by atoms with Crippen molar-refractivity contribution in [1.82, 2.24) is 0 Å². The number of halogens is 1. The summed E-state index contributed by atoms with van der Waals surface area (Å²) in [4.78, 5) is 13.6. The van der Waals surface area contributed by atoms with Gasteiger partial charge < -0.3 is 0 Å². The van der Waals surface area contributed by atoms with Crippen molar-refractivity contribution in [2.45, 2.75) is 0 Å². The number of allylic oxidation sites excluding steroid dienone is 2. The third kappa shape index (κ3) is 3.67. The van der Waals surface area contributed by atoms with Crippen LogP contribution in [0.5, 0.6) is 0 Å². The number of hydrogen-bond donors (Lipinski definition) is 0. The minimum Gasteiger partial charge on any atom is -0.276 e. The normalized spacial score (nSPS) is 9.44. The zero-order valence-corrected chi connectivity index (χ0v) is 5.56. The molecule has 0 aromatic carbocycles. The highest BCUT2D eigenvalue weighted by Crippen LogP contribution is 1.97. The van der Waals surface area contributed by atoms with E-state index in [0.717, 1.165) is 0 Å². The minimum atomic E-state index is -0.574. The van der Waals surface area contributed by atoms with Gasteiger partial charge in [-0.2, -0.15) is 0 Å². The number of aliphatic imine (C=N–C) groups is 1. The number of rotatable bonds is 3. The fraction of sp³-hybridized carbons (Fsp3) is 0. The SMILES string of the molecule is C=N/C=C\C(=C)C(=O)Cl. The Morgan fingerprint density at radius 2 is 2.22 bits per heavy atom. The predicted molar refractivity (Wildman–Crippen MR) is 38.7 cm³/mol. The molecule has 0 aliphatic rings. The Labute approximate surface area is 58.5 Å². The van der Waals surface area contributed by atoms with Crippen LogP contribution >= 0.6 is 11.6 Å². The van der Waals surface area contributed by atoms with Crippen molar-refractivity contribution in [3.8, 4) is 0 Å². The molecule has 0 aliphatic carbocycles. The quantitative estimate of drug-likeness (QED) is 0.255.